The molecule has 1 aromatic carbocycles. The van der Waals surface area contributed by atoms with E-state index in [1.807, 2.05) is 0 Å². The van der Waals surface area contributed by atoms with Gasteiger partial charge in [0.2, 0.25) is 0 Å². The van der Waals surface area contributed by atoms with Gasteiger partial charge in [0.1, 0.15) is 5.82 Å². The fraction of sp³-hybridized carbons (Fsp3) is 0.273. The first-order chi connectivity index (χ1) is 8.51. The molecular weight excluding hydrogens is 243 g/mol. The van der Waals surface area contributed by atoms with Crippen LogP contribution in [0.2, 0.25) is 0 Å². The van der Waals surface area contributed by atoms with E-state index in [0.717, 1.165) is 12.1 Å². The first-order valence-corrected chi connectivity index (χ1v) is 5.09. The van der Waals surface area contributed by atoms with Gasteiger partial charge in [0.15, 0.2) is 6.29 Å². The van der Waals surface area contributed by atoms with Gasteiger partial charge >= 0.3 is 6.09 Å². The Kier molecular flexibility index (Phi) is 3.14. The summed E-state index contributed by atoms with van der Waals surface area (Å²) in [5.74, 6) is -0.643. The summed E-state index contributed by atoms with van der Waals surface area (Å²) in [4.78, 5) is 15.6. The van der Waals surface area contributed by atoms with Crippen molar-refractivity contribution in [3.05, 3.63) is 35.1 Å². The van der Waals surface area contributed by atoms with Crippen LogP contribution < -0.4 is 0 Å². The number of hydrogen-bond donors (Lipinski definition) is 2. The third kappa shape index (κ3) is 2.25. The zero-order chi connectivity index (χ0) is 13.3. The molecule has 1 saturated heterocycles. The highest BCUT2D eigenvalue weighted by Gasteiger charge is 2.37. The van der Waals surface area contributed by atoms with E-state index in [9.17, 15) is 14.3 Å². The third-order valence-corrected chi connectivity index (χ3v) is 2.57. The summed E-state index contributed by atoms with van der Waals surface area (Å²) >= 11 is 0. The molecule has 2 N–H and O–H groups in total. The Morgan fingerprint density at radius 2 is 2.28 bits per heavy atom. The van der Waals surface area contributed by atoms with Crippen molar-refractivity contribution in [2.45, 2.75) is 18.8 Å². The van der Waals surface area contributed by atoms with Gasteiger partial charge < -0.3 is 10.2 Å². The maximum absolute atomic E-state index is 13.3. The van der Waals surface area contributed by atoms with Crippen molar-refractivity contribution in [2.24, 2.45) is 0 Å². The van der Waals surface area contributed by atoms with Gasteiger partial charge in [-0.25, -0.2) is 14.0 Å². The van der Waals surface area contributed by atoms with Crippen LogP contribution in [0.4, 0.5) is 9.18 Å². The van der Waals surface area contributed by atoms with Crippen molar-refractivity contribution >= 4 is 6.09 Å². The number of rotatable bonds is 1. The van der Waals surface area contributed by atoms with E-state index in [1.165, 1.54) is 6.07 Å². The first-order valence-electron chi connectivity index (χ1n) is 5.09. The fourth-order valence-electron chi connectivity index (χ4n) is 1.85. The highest BCUT2D eigenvalue weighted by molar-refractivity contribution is 5.64. The van der Waals surface area contributed by atoms with Crippen LogP contribution in [0.15, 0.2) is 18.2 Å². The number of nitrogens with zero attached hydrogens (tertiary/aromatic N) is 2. The monoisotopic (exact) mass is 252 g/mol. The molecule has 2 atom stereocenters. The molecule has 0 radical (unpaired) electrons. The Labute approximate surface area is 101 Å². The Balaban J connectivity index is 2.38. The summed E-state index contributed by atoms with van der Waals surface area (Å²) in [6.45, 7) is 0. The molecule has 1 aliphatic heterocycles. The van der Waals surface area contributed by atoms with E-state index in [4.69, 9.17) is 10.4 Å². The van der Waals surface area contributed by atoms with Crippen molar-refractivity contribution < 1.29 is 24.2 Å². The third-order valence-electron chi connectivity index (χ3n) is 2.57. The van der Waals surface area contributed by atoms with Gasteiger partial charge in [-0.05, 0) is 23.8 Å². The van der Waals surface area contributed by atoms with E-state index in [0.29, 0.717) is 5.06 Å². The number of amides is 1. The number of carbonyl (C=O) groups is 1. The van der Waals surface area contributed by atoms with Crippen LogP contribution in [-0.4, -0.2) is 27.7 Å². The molecular formula is C11H9FN2O4. The van der Waals surface area contributed by atoms with Gasteiger partial charge in [0.25, 0.3) is 0 Å². The zero-order valence-corrected chi connectivity index (χ0v) is 9.08. The Bertz CT molecular complexity index is 528. The number of hydrogen-bond acceptors (Lipinski definition) is 4. The summed E-state index contributed by atoms with van der Waals surface area (Å²) < 4.78 is 13.3. The second kappa shape index (κ2) is 4.60. The molecule has 6 nitrogen and oxygen atoms in total. The highest BCUT2D eigenvalue weighted by atomic mass is 19.1. The average Bonchev–Trinajstić information content (AvgIpc) is 2.70. The number of aliphatic hydroxyl groups is 1. The lowest BCUT2D eigenvalue weighted by Crippen LogP contribution is -2.28. The molecule has 2 rings (SSSR count). The van der Waals surface area contributed by atoms with Crippen LogP contribution in [0, 0.1) is 17.1 Å². The molecule has 7 heteroatoms. The summed E-state index contributed by atoms with van der Waals surface area (Å²) in [5.41, 5.74) is 0.349. The average molecular weight is 252 g/mol. The molecule has 1 amide bonds. The Morgan fingerprint density at radius 3 is 2.89 bits per heavy atom. The van der Waals surface area contributed by atoms with Crippen LogP contribution in [0.3, 0.4) is 0 Å². The minimum atomic E-state index is -1.39. The number of nitriles is 1. The highest BCUT2D eigenvalue weighted by Crippen LogP contribution is 2.33. The molecule has 1 aromatic rings. The quantitative estimate of drug-likeness (QED) is 0.787. The molecule has 0 saturated carbocycles. The molecule has 1 fully saturated rings. The normalized spacial score (nSPS) is 22.8. The van der Waals surface area contributed by atoms with Gasteiger partial charge in [0.05, 0.1) is 17.7 Å². The van der Waals surface area contributed by atoms with Crippen LogP contribution >= 0.6 is 0 Å². The summed E-state index contributed by atoms with van der Waals surface area (Å²) in [5, 5.41) is 27.5. The summed E-state index contributed by atoms with van der Waals surface area (Å²) in [7, 11) is 0. The predicted molar refractivity (Wildman–Crippen MR) is 55.4 cm³/mol. The Morgan fingerprint density at radius 1 is 1.56 bits per heavy atom. The van der Waals surface area contributed by atoms with Crippen molar-refractivity contribution in [1.82, 2.24) is 5.06 Å². The van der Waals surface area contributed by atoms with E-state index in [1.54, 1.807) is 6.07 Å². The maximum atomic E-state index is 13.3. The molecule has 1 unspecified atom stereocenters. The lowest BCUT2D eigenvalue weighted by Gasteiger charge is -2.19. The lowest BCUT2D eigenvalue weighted by molar-refractivity contribution is -0.199. The minimum absolute atomic E-state index is 0.0133. The summed E-state index contributed by atoms with van der Waals surface area (Å²) in [6, 6.07) is 4.47. The number of benzene rings is 1. The number of halogens is 1. The largest absolute Gasteiger partial charge is 0.463 e. The van der Waals surface area contributed by atoms with E-state index in [-0.39, 0.29) is 17.5 Å². The molecule has 0 spiro atoms. The van der Waals surface area contributed by atoms with E-state index in [2.05, 4.69) is 4.84 Å². The first kappa shape index (κ1) is 12.3. The van der Waals surface area contributed by atoms with Crippen molar-refractivity contribution in [1.29, 1.82) is 5.26 Å². The standard InChI is InChI=1S/C11H9FN2O4/c12-8-2-6(5-13)1-7(3-8)9-4-10(15)18-14(9)11(16)17/h1-3,9-10,15H,4H2,(H,16,17)/t9-,10?/m0/s1. The number of hydroxylamine groups is 2. The number of aliphatic hydroxyl groups excluding tert-OH is 1. The van der Waals surface area contributed by atoms with Crippen LogP contribution in [0.25, 0.3) is 0 Å². The second-order valence-electron chi connectivity index (χ2n) is 3.80. The Hall–Kier alpha value is -2.17. The van der Waals surface area contributed by atoms with Crippen molar-refractivity contribution in [2.75, 3.05) is 0 Å². The fourth-order valence-corrected chi connectivity index (χ4v) is 1.85. The van der Waals surface area contributed by atoms with Crippen molar-refractivity contribution in [3.63, 3.8) is 0 Å². The topological polar surface area (TPSA) is 93.8 Å². The molecule has 0 aromatic heterocycles. The van der Waals surface area contributed by atoms with Crippen molar-refractivity contribution in [3.8, 4) is 6.07 Å². The SMILES string of the molecule is N#Cc1cc(F)cc([C@@H]2CC(O)ON2C(=O)O)c1. The zero-order valence-electron chi connectivity index (χ0n) is 9.08. The van der Waals surface area contributed by atoms with Gasteiger partial charge in [0, 0.05) is 6.42 Å². The minimum Gasteiger partial charge on any atom is -0.463 e. The number of carboxylic acid groups (broad SMARTS) is 1. The van der Waals surface area contributed by atoms with Crippen LogP contribution in [0.5, 0.6) is 0 Å². The van der Waals surface area contributed by atoms with Crippen LogP contribution in [-0.2, 0) is 4.84 Å². The predicted octanol–water partition coefficient (Wildman–Crippen LogP) is 1.37. The van der Waals surface area contributed by atoms with Gasteiger partial charge in [-0.2, -0.15) is 10.3 Å². The molecule has 1 heterocycles. The molecule has 94 valence electrons. The van der Waals surface area contributed by atoms with Gasteiger partial charge in [-0.3, -0.25) is 0 Å². The van der Waals surface area contributed by atoms with Gasteiger partial charge in [-0.1, -0.05) is 0 Å². The van der Waals surface area contributed by atoms with Gasteiger partial charge in [-0.15, -0.1) is 0 Å². The summed E-state index contributed by atoms with van der Waals surface area (Å²) in [6.07, 6.45) is -2.67. The molecule has 1 aliphatic rings. The molecule has 18 heavy (non-hydrogen) atoms. The second-order valence-corrected chi connectivity index (χ2v) is 3.80. The van der Waals surface area contributed by atoms with E-state index >= 15 is 0 Å². The van der Waals surface area contributed by atoms with Crippen LogP contribution in [0.1, 0.15) is 23.6 Å². The van der Waals surface area contributed by atoms with E-state index < -0.39 is 24.2 Å². The smallest absolute Gasteiger partial charge is 0.432 e. The lowest BCUT2D eigenvalue weighted by atomic mass is 10.0. The maximum Gasteiger partial charge on any atom is 0.432 e. The molecule has 0 aliphatic carbocycles. The molecule has 0 bridgehead atoms.